The molecule has 5 rings (SSSR count). The second-order valence-electron chi connectivity index (χ2n) is 10.6. The Morgan fingerprint density at radius 3 is 2.46 bits per heavy atom. The maximum atomic E-state index is 13.7. The van der Waals surface area contributed by atoms with Crippen molar-refractivity contribution >= 4 is 21.4 Å². The summed E-state index contributed by atoms with van der Waals surface area (Å²) < 4.78 is 36.2. The predicted molar refractivity (Wildman–Crippen MR) is 155 cm³/mol. The Kier molecular flexibility index (Phi) is 8.76. The number of piperidine rings is 1. The van der Waals surface area contributed by atoms with Gasteiger partial charge in [0.05, 0.1) is 29.3 Å². The number of piperazine rings is 1. The first-order valence-electron chi connectivity index (χ1n) is 14.5. The van der Waals surface area contributed by atoms with Crippen LogP contribution in [0.4, 0.5) is 0 Å². The van der Waals surface area contributed by atoms with Crippen LogP contribution in [0.5, 0.6) is 5.75 Å². The van der Waals surface area contributed by atoms with Crippen molar-refractivity contribution in [2.24, 2.45) is 0 Å². The number of aromatic nitrogens is 4. The highest BCUT2D eigenvalue weighted by atomic mass is 32.2. The van der Waals surface area contributed by atoms with E-state index in [1.54, 1.807) is 17.5 Å². The summed E-state index contributed by atoms with van der Waals surface area (Å²) in [5, 5.41) is 4.67. The van der Waals surface area contributed by atoms with E-state index in [0.29, 0.717) is 61.0 Å². The fourth-order valence-corrected chi connectivity index (χ4v) is 7.04. The molecular formula is C28H39N7O5S. The van der Waals surface area contributed by atoms with Gasteiger partial charge in [0.15, 0.2) is 11.3 Å². The molecule has 0 aliphatic carbocycles. The van der Waals surface area contributed by atoms with Gasteiger partial charge in [-0.3, -0.25) is 14.5 Å². The number of carbonyl (C=O) groups is 1. The third-order valence-electron chi connectivity index (χ3n) is 7.76. The molecule has 0 atom stereocenters. The molecule has 1 amide bonds. The van der Waals surface area contributed by atoms with Crippen LogP contribution in [0.15, 0.2) is 27.9 Å². The Hall–Kier alpha value is -3.29. The number of imidazole rings is 1. The maximum absolute atomic E-state index is 13.7. The van der Waals surface area contributed by atoms with E-state index in [4.69, 9.17) is 4.74 Å². The first-order chi connectivity index (χ1) is 19.7. The van der Waals surface area contributed by atoms with Gasteiger partial charge in [0.25, 0.3) is 5.56 Å². The molecule has 4 heterocycles. The van der Waals surface area contributed by atoms with Gasteiger partial charge in [0.1, 0.15) is 11.6 Å². The zero-order chi connectivity index (χ0) is 29.1. The van der Waals surface area contributed by atoms with Crippen LogP contribution in [0, 0.1) is 6.92 Å². The molecule has 12 nitrogen and oxygen atoms in total. The van der Waals surface area contributed by atoms with Crippen molar-refractivity contribution in [1.29, 1.82) is 0 Å². The van der Waals surface area contributed by atoms with Gasteiger partial charge in [-0.2, -0.15) is 4.31 Å². The number of sulfonamides is 1. The van der Waals surface area contributed by atoms with Crippen molar-refractivity contribution in [3.05, 3.63) is 40.1 Å². The van der Waals surface area contributed by atoms with Crippen LogP contribution in [0.2, 0.25) is 0 Å². The standard InChI is InChI=1S/C28H39N7O5S/c1-4-9-24-29-20(3)26-28(37)30-27(31-35(24)26)22-18-21(10-11-23(22)40-5-2)41(38,39)34-16-14-32(15-17-34)19-25(36)33-12-7-6-8-13-33/h10-11,18H,4-9,12-17,19H2,1-3H3,(H,30,31,37). The maximum Gasteiger partial charge on any atom is 0.277 e. The van der Waals surface area contributed by atoms with Crippen molar-refractivity contribution in [2.75, 3.05) is 52.4 Å². The highest BCUT2D eigenvalue weighted by Gasteiger charge is 2.31. The highest BCUT2D eigenvalue weighted by Crippen LogP contribution is 2.31. The molecule has 2 aromatic heterocycles. The normalized spacial score (nSPS) is 17.3. The van der Waals surface area contributed by atoms with E-state index < -0.39 is 10.0 Å². The number of hydrogen-bond acceptors (Lipinski definition) is 8. The van der Waals surface area contributed by atoms with Gasteiger partial charge in [0.2, 0.25) is 15.9 Å². The summed E-state index contributed by atoms with van der Waals surface area (Å²) in [6.07, 6.45) is 4.73. The van der Waals surface area contributed by atoms with Gasteiger partial charge in [-0.15, -0.1) is 5.10 Å². The van der Waals surface area contributed by atoms with Crippen molar-refractivity contribution < 1.29 is 17.9 Å². The van der Waals surface area contributed by atoms with Crippen molar-refractivity contribution in [2.45, 2.75) is 57.8 Å². The summed E-state index contributed by atoms with van der Waals surface area (Å²) in [6.45, 7) is 9.45. The average molecular weight is 586 g/mol. The molecule has 0 unspecified atom stereocenters. The third-order valence-corrected chi connectivity index (χ3v) is 9.65. The van der Waals surface area contributed by atoms with E-state index in [1.807, 2.05) is 23.6 Å². The number of nitrogens with zero attached hydrogens (tertiary/aromatic N) is 6. The summed E-state index contributed by atoms with van der Waals surface area (Å²) >= 11 is 0. The summed E-state index contributed by atoms with van der Waals surface area (Å²) in [4.78, 5) is 37.1. The molecule has 0 bridgehead atoms. The van der Waals surface area contributed by atoms with Gasteiger partial charge < -0.3 is 14.6 Å². The molecule has 41 heavy (non-hydrogen) atoms. The highest BCUT2D eigenvalue weighted by molar-refractivity contribution is 7.89. The fourth-order valence-electron chi connectivity index (χ4n) is 5.59. The van der Waals surface area contributed by atoms with E-state index in [1.165, 1.54) is 16.4 Å². The van der Waals surface area contributed by atoms with E-state index in [-0.39, 0.29) is 35.3 Å². The molecular weight excluding hydrogens is 546 g/mol. The first-order valence-corrected chi connectivity index (χ1v) is 15.9. The molecule has 1 N–H and O–H groups in total. The molecule has 0 spiro atoms. The van der Waals surface area contributed by atoms with Crippen LogP contribution >= 0.6 is 0 Å². The minimum Gasteiger partial charge on any atom is -0.493 e. The number of aryl methyl sites for hydroxylation is 2. The number of amides is 1. The number of fused-ring (bicyclic) bond motifs is 1. The topological polar surface area (TPSA) is 133 Å². The van der Waals surface area contributed by atoms with Gasteiger partial charge in [-0.1, -0.05) is 6.92 Å². The lowest BCUT2D eigenvalue weighted by molar-refractivity contribution is -0.133. The number of hydrogen-bond donors (Lipinski definition) is 1. The van der Waals surface area contributed by atoms with Crippen LogP contribution < -0.4 is 10.3 Å². The molecule has 2 aliphatic heterocycles. The van der Waals surface area contributed by atoms with Gasteiger partial charge in [-0.25, -0.2) is 17.9 Å². The lowest BCUT2D eigenvalue weighted by Crippen LogP contribution is -2.51. The molecule has 13 heteroatoms. The van der Waals surface area contributed by atoms with Gasteiger partial charge in [0, 0.05) is 45.7 Å². The summed E-state index contributed by atoms with van der Waals surface area (Å²) in [5.74, 6) is 1.42. The lowest BCUT2D eigenvalue weighted by atomic mass is 10.1. The Morgan fingerprint density at radius 1 is 1.05 bits per heavy atom. The van der Waals surface area contributed by atoms with Gasteiger partial charge >= 0.3 is 0 Å². The average Bonchev–Trinajstić information content (AvgIpc) is 3.29. The SMILES string of the molecule is CCCc1nc(C)c2c(=O)[nH]c(-c3cc(S(=O)(=O)N4CCN(CC(=O)N5CCCCC5)CC4)ccc3OCC)nn12. The second kappa shape index (κ2) is 12.3. The number of benzene rings is 1. The number of nitrogens with one attached hydrogen (secondary N) is 1. The quantitative estimate of drug-likeness (QED) is 0.404. The Morgan fingerprint density at radius 2 is 1.78 bits per heavy atom. The number of likely N-dealkylation sites (tertiary alicyclic amines) is 1. The zero-order valence-corrected chi connectivity index (χ0v) is 24.9. The van der Waals surface area contributed by atoms with E-state index in [9.17, 15) is 18.0 Å². The van der Waals surface area contributed by atoms with Crippen molar-refractivity contribution in [3.8, 4) is 17.1 Å². The van der Waals surface area contributed by atoms with Crippen LogP contribution in [0.1, 0.15) is 51.0 Å². The summed E-state index contributed by atoms with van der Waals surface area (Å²) in [7, 11) is -3.85. The van der Waals surface area contributed by atoms with E-state index >= 15 is 0 Å². The first kappa shape index (κ1) is 29.2. The largest absolute Gasteiger partial charge is 0.493 e. The van der Waals surface area contributed by atoms with Crippen LogP contribution in [0.3, 0.4) is 0 Å². The predicted octanol–water partition coefficient (Wildman–Crippen LogP) is 2.06. The molecule has 222 valence electrons. The van der Waals surface area contributed by atoms with Crippen LogP contribution in [-0.4, -0.2) is 100 Å². The minimum absolute atomic E-state index is 0.0899. The molecule has 3 aromatic rings. The van der Waals surface area contributed by atoms with E-state index in [2.05, 4.69) is 15.1 Å². The van der Waals surface area contributed by atoms with Crippen LogP contribution in [-0.2, 0) is 21.2 Å². The second-order valence-corrected chi connectivity index (χ2v) is 12.6. The molecule has 0 saturated carbocycles. The molecule has 0 radical (unpaired) electrons. The number of rotatable bonds is 9. The van der Waals surface area contributed by atoms with Crippen molar-refractivity contribution in [3.63, 3.8) is 0 Å². The number of H-pyrrole nitrogens is 1. The Bertz CT molecular complexity index is 1570. The van der Waals surface area contributed by atoms with Crippen LogP contribution in [0.25, 0.3) is 16.9 Å². The Balaban J connectivity index is 1.39. The third kappa shape index (κ3) is 6.02. The number of aromatic amines is 1. The number of ether oxygens (including phenoxy) is 1. The molecule has 2 aliphatic rings. The lowest BCUT2D eigenvalue weighted by Gasteiger charge is -2.35. The van der Waals surface area contributed by atoms with Gasteiger partial charge in [-0.05, 0) is 57.7 Å². The molecule has 1 aromatic carbocycles. The molecule has 2 fully saturated rings. The Labute approximate surface area is 240 Å². The number of carbonyl (C=O) groups excluding carboxylic acids is 1. The summed E-state index contributed by atoms with van der Waals surface area (Å²) in [6, 6.07) is 4.64. The monoisotopic (exact) mass is 585 g/mol. The van der Waals surface area contributed by atoms with Crippen molar-refractivity contribution in [1.82, 2.24) is 33.7 Å². The summed E-state index contributed by atoms with van der Waals surface area (Å²) in [5.41, 5.74) is 0.988. The molecule has 2 saturated heterocycles. The minimum atomic E-state index is -3.85. The smallest absolute Gasteiger partial charge is 0.277 e. The fraction of sp³-hybridized carbons (Fsp3) is 0.571. The zero-order valence-electron chi connectivity index (χ0n) is 24.1. The van der Waals surface area contributed by atoms with E-state index in [0.717, 1.165) is 38.8 Å².